The Morgan fingerprint density at radius 1 is 1.00 bits per heavy atom. The van der Waals surface area contributed by atoms with Crippen LogP contribution in [0.15, 0.2) is 95.7 Å². The maximum atomic E-state index is 12.4. The zero-order chi connectivity index (χ0) is 22.5. The summed E-state index contributed by atoms with van der Waals surface area (Å²) in [5, 5.41) is 28.9. The summed E-state index contributed by atoms with van der Waals surface area (Å²) < 4.78 is 7.44. The van der Waals surface area contributed by atoms with Crippen LogP contribution in [0.2, 0.25) is 0 Å². The molecule has 0 spiro atoms. The fourth-order valence-corrected chi connectivity index (χ4v) is 3.38. The minimum Gasteiger partial charge on any atom is -0.508 e. The lowest BCUT2D eigenvalue weighted by molar-refractivity contribution is 0.0995. The van der Waals surface area contributed by atoms with Crippen molar-refractivity contribution < 1.29 is 19.7 Å². The van der Waals surface area contributed by atoms with Crippen molar-refractivity contribution in [1.29, 1.82) is 0 Å². The summed E-state index contributed by atoms with van der Waals surface area (Å²) in [6, 6.07) is 20.6. The molecular weight excluding hydrogens is 406 g/mol. The van der Waals surface area contributed by atoms with E-state index in [-0.39, 0.29) is 22.9 Å². The Labute approximate surface area is 184 Å². The molecule has 0 aliphatic heterocycles. The lowest BCUT2D eigenvalue weighted by atomic mass is 10.2. The van der Waals surface area contributed by atoms with Gasteiger partial charge < -0.3 is 19.5 Å². The van der Waals surface area contributed by atoms with Gasteiger partial charge in [0, 0.05) is 16.5 Å². The molecule has 0 bridgehead atoms. The summed E-state index contributed by atoms with van der Waals surface area (Å²) >= 11 is 0. The number of rotatable bonds is 7. The molecule has 7 nitrogen and oxygen atoms in total. The zero-order valence-electron chi connectivity index (χ0n) is 17.2. The highest BCUT2D eigenvalue weighted by molar-refractivity contribution is 5.97. The molecule has 1 heterocycles. The largest absolute Gasteiger partial charge is 0.508 e. The van der Waals surface area contributed by atoms with E-state index in [9.17, 15) is 15.0 Å². The van der Waals surface area contributed by atoms with E-state index in [1.165, 1.54) is 24.3 Å². The summed E-state index contributed by atoms with van der Waals surface area (Å²) in [7, 11) is 0. The highest BCUT2D eigenvalue weighted by Gasteiger charge is 2.18. The number of phenolic OH excluding ortho intramolecular Hbond substituents is 1. The number of fused-ring (bicyclic) bond motifs is 1. The molecule has 2 N–H and O–H groups in total. The number of aromatic nitrogens is 1. The number of ether oxygens (including phenoxy) is 1. The number of amides is 1. The molecule has 0 atom stereocenters. The normalized spacial score (nSPS) is 11.1. The van der Waals surface area contributed by atoms with E-state index in [0.29, 0.717) is 24.3 Å². The number of azo groups is 1. The van der Waals surface area contributed by atoms with Gasteiger partial charge >= 0.3 is 0 Å². The zero-order valence-corrected chi connectivity index (χ0v) is 17.2. The van der Waals surface area contributed by atoms with Crippen LogP contribution in [0.4, 0.5) is 5.69 Å². The average molecular weight is 427 g/mol. The Bertz CT molecular complexity index is 1310. The number of para-hydroxylation sites is 2. The Morgan fingerprint density at radius 2 is 1.72 bits per heavy atom. The van der Waals surface area contributed by atoms with Gasteiger partial charge in [0.15, 0.2) is 5.69 Å². The first-order valence-corrected chi connectivity index (χ1v) is 9.95. The van der Waals surface area contributed by atoms with Gasteiger partial charge in [-0.1, -0.05) is 49.1 Å². The molecule has 32 heavy (non-hydrogen) atoms. The van der Waals surface area contributed by atoms with E-state index >= 15 is 0 Å². The van der Waals surface area contributed by atoms with Crippen LogP contribution in [-0.2, 0) is 6.54 Å². The molecule has 0 fully saturated rings. The minimum absolute atomic E-state index is 0.0524. The number of phenols is 1. The number of carbonyl (C=O) groups is 1. The van der Waals surface area contributed by atoms with Gasteiger partial charge in [-0.2, -0.15) is 0 Å². The van der Waals surface area contributed by atoms with Crippen molar-refractivity contribution >= 4 is 22.5 Å². The van der Waals surface area contributed by atoms with Gasteiger partial charge in [-0.15, -0.1) is 10.2 Å². The second-order valence-electron chi connectivity index (χ2n) is 7.03. The molecule has 160 valence electrons. The van der Waals surface area contributed by atoms with Crippen LogP contribution in [0.5, 0.6) is 17.4 Å². The van der Waals surface area contributed by atoms with Crippen LogP contribution in [-0.4, -0.2) is 27.3 Å². The Balaban J connectivity index is 1.71. The van der Waals surface area contributed by atoms with Gasteiger partial charge in [0.25, 0.3) is 5.91 Å². The van der Waals surface area contributed by atoms with E-state index in [1.54, 1.807) is 10.6 Å². The molecule has 1 aromatic heterocycles. The van der Waals surface area contributed by atoms with Crippen molar-refractivity contribution in [3.8, 4) is 17.4 Å². The van der Waals surface area contributed by atoms with Gasteiger partial charge in [-0.3, -0.25) is 4.79 Å². The topological polar surface area (TPSA) is 96.4 Å². The quantitative estimate of drug-likeness (QED) is 0.297. The first-order chi connectivity index (χ1) is 15.6. The third-order valence-corrected chi connectivity index (χ3v) is 4.93. The molecule has 0 saturated heterocycles. The maximum Gasteiger partial charge on any atom is 0.295 e. The van der Waals surface area contributed by atoms with E-state index in [2.05, 4.69) is 16.8 Å². The first kappa shape index (κ1) is 20.9. The van der Waals surface area contributed by atoms with Crippen molar-refractivity contribution in [3.05, 3.63) is 96.6 Å². The van der Waals surface area contributed by atoms with E-state index in [4.69, 9.17) is 4.74 Å². The van der Waals surface area contributed by atoms with Gasteiger partial charge in [-0.05, 0) is 36.4 Å². The van der Waals surface area contributed by atoms with Crippen molar-refractivity contribution in [2.45, 2.75) is 6.54 Å². The monoisotopic (exact) mass is 427 g/mol. The number of benzene rings is 3. The van der Waals surface area contributed by atoms with Crippen LogP contribution in [0, 0.1) is 0 Å². The van der Waals surface area contributed by atoms with Crippen molar-refractivity contribution in [2.24, 2.45) is 10.2 Å². The van der Waals surface area contributed by atoms with Crippen LogP contribution in [0.3, 0.4) is 0 Å². The van der Waals surface area contributed by atoms with E-state index in [1.807, 2.05) is 48.5 Å². The summed E-state index contributed by atoms with van der Waals surface area (Å²) in [5.74, 6) is 0.0585. The number of carbonyl (C=O) groups excluding carboxylic acids is 1. The third kappa shape index (κ3) is 4.22. The Hall–Kier alpha value is -4.39. The van der Waals surface area contributed by atoms with Gasteiger partial charge in [0.2, 0.25) is 5.88 Å². The molecule has 0 unspecified atom stereocenters. The highest BCUT2D eigenvalue weighted by atomic mass is 16.5. The second kappa shape index (κ2) is 9.18. The van der Waals surface area contributed by atoms with Crippen LogP contribution < -0.4 is 4.74 Å². The highest BCUT2D eigenvalue weighted by Crippen LogP contribution is 2.40. The average Bonchev–Trinajstić information content (AvgIpc) is 3.08. The van der Waals surface area contributed by atoms with Crippen molar-refractivity contribution in [3.63, 3.8) is 0 Å². The van der Waals surface area contributed by atoms with Gasteiger partial charge in [-0.25, -0.2) is 0 Å². The molecule has 0 saturated carbocycles. The number of aromatic hydroxyl groups is 2. The summed E-state index contributed by atoms with van der Waals surface area (Å²) in [5.41, 5.74) is 2.10. The summed E-state index contributed by atoms with van der Waals surface area (Å²) in [6.45, 7) is 4.38. The smallest absolute Gasteiger partial charge is 0.295 e. The van der Waals surface area contributed by atoms with Crippen molar-refractivity contribution in [1.82, 2.24) is 4.57 Å². The molecule has 3 aromatic carbocycles. The SMILES string of the molecule is C=CCOc1ccccc1Cn1c(O)c(N=NC(=O)c2ccc(O)cc2)c2ccccc21. The molecule has 1 amide bonds. The van der Waals surface area contributed by atoms with Gasteiger partial charge in [0.1, 0.15) is 18.1 Å². The lowest BCUT2D eigenvalue weighted by Gasteiger charge is -2.12. The molecule has 7 heteroatoms. The molecular formula is C25H21N3O4. The number of hydrogen-bond acceptors (Lipinski definition) is 5. The Morgan fingerprint density at radius 3 is 2.50 bits per heavy atom. The summed E-state index contributed by atoms with van der Waals surface area (Å²) in [6.07, 6.45) is 1.67. The fourth-order valence-electron chi connectivity index (χ4n) is 3.38. The summed E-state index contributed by atoms with van der Waals surface area (Å²) in [4.78, 5) is 12.4. The third-order valence-electron chi connectivity index (χ3n) is 4.93. The van der Waals surface area contributed by atoms with Crippen LogP contribution in [0.1, 0.15) is 15.9 Å². The molecule has 4 aromatic rings. The Kier molecular flexibility index (Phi) is 5.98. The second-order valence-corrected chi connectivity index (χ2v) is 7.03. The first-order valence-electron chi connectivity index (χ1n) is 9.95. The van der Waals surface area contributed by atoms with Crippen molar-refractivity contribution in [2.75, 3.05) is 6.61 Å². The van der Waals surface area contributed by atoms with Crippen LogP contribution >= 0.6 is 0 Å². The minimum atomic E-state index is -0.579. The van der Waals surface area contributed by atoms with E-state index in [0.717, 1.165) is 11.1 Å². The molecule has 0 aliphatic rings. The molecule has 4 rings (SSSR count). The molecule has 0 aliphatic carbocycles. The number of hydrogen-bond donors (Lipinski definition) is 2. The maximum absolute atomic E-state index is 12.4. The fraction of sp³-hybridized carbons (Fsp3) is 0.0800. The predicted octanol–water partition coefficient (Wildman–Crippen LogP) is 5.59. The predicted molar refractivity (Wildman–Crippen MR) is 122 cm³/mol. The number of nitrogens with zero attached hydrogens (tertiary/aromatic N) is 3. The van der Waals surface area contributed by atoms with Gasteiger partial charge in [0.05, 0.1) is 12.1 Å². The van der Waals surface area contributed by atoms with Crippen LogP contribution in [0.25, 0.3) is 10.9 Å². The lowest BCUT2D eigenvalue weighted by Crippen LogP contribution is -2.03. The van der Waals surface area contributed by atoms with E-state index < -0.39 is 5.91 Å². The molecule has 0 radical (unpaired) electrons. The standard InChI is InChI=1S/C25H21N3O4/c1-2-15-32-22-10-6-3-7-18(22)16-28-21-9-5-4-8-20(21)23(25(28)31)26-27-24(30)17-11-13-19(29)14-12-17/h2-14,29,31H,1,15-16H2.